The molecule has 0 aliphatic carbocycles. The van der Waals surface area contributed by atoms with E-state index in [9.17, 15) is 18.8 Å². The van der Waals surface area contributed by atoms with Crippen molar-refractivity contribution in [1.82, 2.24) is 15.2 Å². The van der Waals surface area contributed by atoms with Crippen LogP contribution in [0.2, 0.25) is 0 Å². The molecule has 2 aromatic carbocycles. The van der Waals surface area contributed by atoms with Crippen molar-refractivity contribution < 1.29 is 23.5 Å². The summed E-state index contributed by atoms with van der Waals surface area (Å²) < 4.78 is 20.1. The monoisotopic (exact) mass is 479 g/mol. The molecule has 3 aromatic rings. The van der Waals surface area contributed by atoms with Crippen molar-refractivity contribution in [2.45, 2.75) is 12.8 Å². The Balaban J connectivity index is 1.51. The number of anilines is 2. The van der Waals surface area contributed by atoms with Crippen molar-refractivity contribution in [2.75, 3.05) is 31.3 Å². The molecule has 4 amide bonds. The number of nitrogens with zero attached hydrogens (tertiary/aromatic N) is 2. The first kappa shape index (κ1) is 25.2. The Hall–Kier alpha value is -4.47. The molecule has 0 bridgehead atoms. The van der Waals surface area contributed by atoms with E-state index < -0.39 is 17.6 Å². The van der Waals surface area contributed by atoms with Crippen LogP contribution < -0.4 is 20.7 Å². The number of nitrogens with one attached hydrogen (secondary N) is 3. The van der Waals surface area contributed by atoms with E-state index in [0.29, 0.717) is 13.0 Å². The van der Waals surface area contributed by atoms with Gasteiger partial charge in [0.2, 0.25) is 0 Å². The maximum absolute atomic E-state index is 14.5. The normalized spacial score (nSPS) is 10.3. The minimum Gasteiger partial charge on any atom is -0.454 e. The maximum atomic E-state index is 14.5. The van der Waals surface area contributed by atoms with Gasteiger partial charge in [0.25, 0.3) is 0 Å². The highest BCUT2D eigenvalue weighted by Gasteiger charge is 2.15. The Morgan fingerprint density at radius 3 is 2.46 bits per heavy atom. The molecule has 3 N–H and O–H groups in total. The van der Waals surface area contributed by atoms with Gasteiger partial charge in [0, 0.05) is 44.7 Å². The number of carbonyl (C=O) groups is 3. The van der Waals surface area contributed by atoms with Gasteiger partial charge in [0.15, 0.2) is 11.6 Å². The summed E-state index contributed by atoms with van der Waals surface area (Å²) in [5.41, 5.74) is 1.25. The van der Waals surface area contributed by atoms with Crippen LogP contribution in [-0.2, 0) is 16.0 Å². The average Bonchev–Trinajstić information content (AvgIpc) is 2.84. The molecule has 1 aromatic heterocycles. The van der Waals surface area contributed by atoms with Gasteiger partial charge in [-0.3, -0.25) is 14.9 Å². The van der Waals surface area contributed by atoms with Gasteiger partial charge in [0.05, 0.1) is 0 Å². The minimum atomic E-state index is -0.895. The van der Waals surface area contributed by atoms with E-state index in [-0.39, 0.29) is 29.0 Å². The molecule has 0 fully saturated rings. The maximum Gasteiger partial charge on any atom is 0.322 e. The van der Waals surface area contributed by atoms with E-state index in [4.69, 9.17) is 4.74 Å². The van der Waals surface area contributed by atoms with E-state index in [1.807, 2.05) is 30.3 Å². The number of halogens is 1. The molecule has 3 rings (SSSR count). The van der Waals surface area contributed by atoms with Crippen molar-refractivity contribution >= 4 is 29.4 Å². The third kappa shape index (κ3) is 7.81. The molecule has 0 aliphatic rings. The second kappa shape index (κ2) is 12.1. The SMILES string of the molecule is CN(C)C(=O)Nc1cc(Oc2ccc(NC(=O)C(=O)NCCCc3ccccc3)cc2F)ccn1. The molecule has 0 unspecified atom stereocenters. The Morgan fingerprint density at radius 2 is 1.74 bits per heavy atom. The highest BCUT2D eigenvalue weighted by molar-refractivity contribution is 6.39. The van der Waals surface area contributed by atoms with Crippen LogP contribution in [0, 0.1) is 5.82 Å². The number of urea groups is 1. The zero-order chi connectivity index (χ0) is 25.2. The van der Waals surface area contributed by atoms with E-state index >= 15 is 0 Å². The fourth-order valence-electron chi connectivity index (χ4n) is 2.96. The number of hydrogen-bond donors (Lipinski definition) is 3. The summed E-state index contributed by atoms with van der Waals surface area (Å²) in [5.74, 6) is -2.07. The van der Waals surface area contributed by atoms with Crippen LogP contribution in [0.3, 0.4) is 0 Å². The Kier molecular flexibility index (Phi) is 8.71. The molecule has 0 saturated carbocycles. The molecule has 0 saturated heterocycles. The zero-order valence-corrected chi connectivity index (χ0v) is 19.4. The molecular formula is C25H26FN5O4. The lowest BCUT2D eigenvalue weighted by Gasteiger charge is -2.13. The van der Waals surface area contributed by atoms with Gasteiger partial charge in [-0.25, -0.2) is 14.2 Å². The summed E-state index contributed by atoms with van der Waals surface area (Å²) in [7, 11) is 3.17. The largest absolute Gasteiger partial charge is 0.454 e. The molecule has 9 nitrogen and oxygen atoms in total. The Labute approximate surface area is 202 Å². The fourth-order valence-corrected chi connectivity index (χ4v) is 2.96. The average molecular weight is 480 g/mol. The predicted octanol–water partition coefficient (Wildman–Crippen LogP) is 3.79. The smallest absolute Gasteiger partial charge is 0.322 e. The summed E-state index contributed by atoms with van der Waals surface area (Å²) >= 11 is 0. The molecule has 0 aliphatic heterocycles. The van der Waals surface area contributed by atoms with Crippen molar-refractivity contribution in [1.29, 1.82) is 0 Å². The van der Waals surface area contributed by atoms with E-state index in [0.717, 1.165) is 18.1 Å². The lowest BCUT2D eigenvalue weighted by Crippen LogP contribution is -2.36. The lowest BCUT2D eigenvalue weighted by molar-refractivity contribution is -0.136. The number of benzene rings is 2. The van der Waals surface area contributed by atoms with Crippen LogP contribution in [0.25, 0.3) is 0 Å². The van der Waals surface area contributed by atoms with E-state index in [1.54, 1.807) is 14.1 Å². The molecule has 35 heavy (non-hydrogen) atoms. The number of ether oxygens (including phenoxy) is 1. The van der Waals surface area contributed by atoms with Crippen LogP contribution >= 0.6 is 0 Å². The quantitative estimate of drug-likeness (QED) is 0.336. The number of pyridine rings is 1. The van der Waals surface area contributed by atoms with Crippen molar-refractivity contribution in [3.05, 3.63) is 78.2 Å². The standard InChI is InChI=1S/C25H26FN5O4/c1-31(2)25(34)30-22-16-19(12-14-27-22)35-21-11-10-18(15-20(21)26)29-24(33)23(32)28-13-6-9-17-7-4-3-5-8-17/h3-5,7-8,10-12,14-16H,6,9,13H2,1-2H3,(H,28,32)(H,29,33)(H,27,30,34). The fraction of sp³-hybridized carbons (Fsp3) is 0.200. The summed E-state index contributed by atoms with van der Waals surface area (Å²) in [6.45, 7) is 0.338. The second-order valence-corrected chi connectivity index (χ2v) is 7.75. The summed E-state index contributed by atoms with van der Waals surface area (Å²) in [6, 6.07) is 16.2. The summed E-state index contributed by atoms with van der Waals surface area (Å²) in [5, 5.41) is 7.48. The number of aromatic nitrogens is 1. The molecule has 0 atom stereocenters. The summed E-state index contributed by atoms with van der Waals surface area (Å²) in [4.78, 5) is 41.2. The molecule has 10 heteroatoms. The number of aryl methyl sites for hydroxylation is 1. The molecule has 1 heterocycles. The topological polar surface area (TPSA) is 113 Å². The third-order valence-corrected chi connectivity index (χ3v) is 4.77. The van der Waals surface area contributed by atoms with Crippen LogP contribution in [0.4, 0.5) is 20.7 Å². The van der Waals surface area contributed by atoms with Gasteiger partial charge < -0.3 is 20.3 Å². The van der Waals surface area contributed by atoms with Crippen molar-refractivity contribution in [3.8, 4) is 11.5 Å². The van der Waals surface area contributed by atoms with E-state index in [2.05, 4.69) is 20.9 Å². The minimum absolute atomic E-state index is 0.105. The van der Waals surface area contributed by atoms with Gasteiger partial charge in [-0.15, -0.1) is 0 Å². The van der Waals surface area contributed by atoms with Crippen molar-refractivity contribution in [3.63, 3.8) is 0 Å². The lowest BCUT2D eigenvalue weighted by atomic mass is 10.1. The number of rotatable bonds is 8. The van der Waals surface area contributed by atoms with Crippen LogP contribution in [-0.4, -0.2) is 48.4 Å². The molecule has 0 spiro atoms. The first-order valence-electron chi connectivity index (χ1n) is 10.9. The van der Waals surface area contributed by atoms with Gasteiger partial charge in [-0.1, -0.05) is 30.3 Å². The van der Waals surface area contributed by atoms with Gasteiger partial charge >= 0.3 is 17.8 Å². The number of amides is 4. The van der Waals surface area contributed by atoms with Crippen LogP contribution in [0.15, 0.2) is 66.9 Å². The first-order valence-corrected chi connectivity index (χ1v) is 10.9. The number of hydrogen-bond acceptors (Lipinski definition) is 5. The highest BCUT2D eigenvalue weighted by Crippen LogP contribution is 2.27. The third-order valence-electron chi connectivity index (χ3n) is 4.77. The van der Waals surface area contributed by atoms with E-state index in [1.165, 1.54) is 35.4 Å². The molecule has 0 radical (unpaired) electrons. The zero-order valence-electron chi connectivity index (χ0n) is 19.4. The molecular weight excluding hydrogens is 453 g/mol. The van der Waals surface area contributed by atoms with Crippen molar-refractivity contribution in [2.24, 2.45) is 0 Å². The molecule has 182 valence electrons. The van der Waals surface area contributed by atoms with Gasteiger partial charge in [-0.05, 0) is 36.6 Å². The van der Waals surface area contributed by atoms with Gasteiger partial charge in [-0.2, -0.15) is 0 Å². The Bertz CT molecular complexity index is 1190. The van der Waals surface area contributed by atoms with Crippen LogP contribution in [0.1, 0.15) is 12.0 Å². The highest BCUT2D eigenvalue weighted by atomic mass is 19.1. The van der Waals surface area contributed by atoms with Crippen LogP contribution in [0.5, 0.6) is 11.5 Å². The summed E-state index contributed by atoms with van der Waals surface area (Å²) in [6.07, 6.45) is 2.86. The predicted molar refractivity (Wildman–Crippen MR) is 130 cm³/mol. The number of carbonyl (C=O) groups excluding carboxylic acids is 3. The van der Waals surface area contributed by atoms with Gasteiger partial charge in [0.1, 0.15) is 11.6 Å². The second-order valence-electron chi connectivity index (χ2n) is 7.75. The first-order chi connectivity index (χ1) is 16.8. The Morgan fingerprint density at radius 1 is 0.971 bits per heavy atom.